The number of benzene rings is 2. The Labute approximate surface area is 315 Å². The first-order valence-electron chi connectivity index (χ1n) is 17.5. The molecule has 8 atom stereocenters. The molecule has 1 fully saturated rings. The van der Waals surface area contributed by atoms with Crippen LogP contribution in [0.4, 0.5) is 0 Å². The van der Waals surface area contributed by atoms with Crippen molar-refractivity contribution in [2.75, 3.05) is 48.2 Å². The zero-order chi connectivity index (χ0) is 40.3. The third kappa shape index (κ3) is 5.71. The molecule has 17 nitrogen and oxygen atoms in total. The fourth-order valence-electron chi connectivity index (χ4n) is 8.44. The summed E-state index contributed by atoms with van der Waals surface area (Å²) in [6, 6.07) is 2.36. The van der Waals surface area contributed by atoms with Crippen LogP contribution in [0.5, 0.6) is 11.5 Å². The maximum atomic E-state index is 14.9. The molecule has 0 bridgehead atoms. The van der Waals surface area contributed by atoms with Gasteiger partial charge in [-0.05, 0) is 43.5 Å². The first-order valence-corrected chi connectivity index (χ1v) is 17.5. The van der Waals surface area contributed by atoms with Gasteiger partial charge in [0.05, 0.1) is 60.5 Å². The number of hydrogen-bond donors (Lipinski definition) is 7. The molecule has 0 radical (unpaired) electrons. The van der Waals surface area contributed by atoms with E-state index in [0.29, 0.717) is 13.0 Å². The van der Waals surface area contributed by atoms with E-state index in [4.69, 9.17) is 23.7 Å². The molecule has 0 unspecified atom stereocenters. The van der Waals surface area contributed by atoms with Crippen molar-refractivity contribution in [2.45, 2.75) is 68.5 Å². The topological polar surface area (TPSA) is 260 Å². The largest absolute Gasteiger partial charge is 0.507 e. The number of esters is 1. The first-order chi connectivity index (χ1) is 26.1. The average Bonchev–Trinajstić information content (AvgIpc) is 3.14. The second-order valence-corrected chi connectivity index (χ2v) is 14.0. The van der Waals surface area contributed by atoms with E-state index in [0.717, 1.165) is 20.3 Å². The Balaban J connectivity index is 1.56. The fourth-order valence-corrected chi connectivity index (χ4v) is 8.44. The number of carbonyl (C=O) groups excluding carboxylic acids is 4. The maximum absolute atomic E-state index is 14.9. The smallest absolute Gasteiger partial charge is 0.341 e. The molecule has 55 heavy (non-hydrogen) atoms. The lowest BCUT2D eigenvalue weighted by Gasteiger charge is -2.53. The number of phenolic OH excluding ortho intramolecular Hbond substituents is 2. The Hall–Kier alpha value is -4.59. The number of rotatable bonds is 10. The number of nitrogens with one attached hydrogen (secondary N) is 1. The van der Waals surface area contributed by atoms with Crippen LogP contribution < -0.4 is 5.32 Å². The van der Waals surface area contributed by atoms with E-state index in [9.17, 15) is 49.8 Å². The molecule has 1 aliphatic heterocycles. The molecule has 4 aliphatic rings. The van der Waals surface area contributed by atoms with Crippen LogP contribution in [0, 0.1) is 12.8 Å². The highest BCUT2D eigenvalue weighted by atomic mass is 16.6. The molecule has 7 N–H and O–H groups in total. The molecule has 6 rings (SSSR count). The highest BCUT2D eigenvalue weighted by Gasteiger charge is 2.72. The van der Waals surface area contributed by atoms with Crippen molar-refractivity contribution in [2.24, 2.45) is 10.9 Å². The van der Waals surface area contributed by atoms with Gasteiger partial charge in [-0.1, -0.05) is 6.07 Å². The number of fused-ring (bicyclic) bond motifs is 5. The van der Waals surface area contributed by atoms with Crippen molar-refractivity contribution in [1.29, 1.82) is 0 Å². The highest BCUT2D eigenvalue weighted by molar-refractivity contribution is 6.31. The third-order valence-corrected chi connectivity index (χ3v) is 11.1. The van der Waals surface area contributed by atoms with E-state index < -0.39 is 118 Å². The number of carbonyl (C=O) groups is 4. The molecule has 0 amide bonds. The third-order valence-electron chi connectivity index (χ3n) is 11.1. The standard InChI is InChI=1S/C38H44N2O15/c1-15-10-17-11-23(42)38(54-6)34(48)26-19(33(47)37(38,50)27(17)31(46)24(15)36(49)53-5)12-18-25(30(26)45)21(39-8-7-9-51-3)13-22(28(18)43)40-35-20(14-41)29(44)32(52-4)16(2)55-35/h10,12-13,16,20,23,29,32,35,40-42,44-46,50H,7-9,11,14H2,1-6H3/t16-,20+,23+,29-,32-,35-,37-,38+/m0/s1. The molecule has 296 valence electrons. The number of aromatic hydroxyl groups is 2. The minimum absolute atomic E-state index is 0.00819. The van der Waals surface area contributed by atoms with Crippen molar-refractivity contribution in [3.63, 3.8) is 0 Å². The SMILES string of the molecule is COCCCN=C1C=C(N[C@H]2O[C@@H](C)[C@H](OC)[C@@H](O)[C@H]2CO)C(=O)c2cc3c(c(O)c21)C(=O)[C@]1(OC)[C@H](O)Cc2cc(C)c(C(=O)OC)c(O)c2[C@]1(O)C3=O. The zero-order valence-corrected chi connectivity index (χ0v) is 31.0. The zero-order valence-electron chi connectivity index (χ0n) is 31.0. The number of Topliss-reactive ketones (excluding diaryl/α,β-unsaturated/α-hetero) is 3. The number of allylic oxidation sites excluding steroid dienone is 2. The van der Waals surface area contributed by atoms with Crippen LogP contribution in [-0.2, 0) is 35.7 Å². The van der Waals surface area contributed by atoms with Crippen molar-refractivity contribution in [1.82, 2.24) is 5.32 Å². The van der Waals surface area contributed by atoms with Gasteiger partial charge in [0, 0.05) is 57.6 Å². The van der Waals surface area contributed by atoms with Crippen molar-refractivity contribution in [3.05, 3.63) is 68.4 Å². The quantitative estimate of drug-likeness (QED) is 0.124. The van der Waals surface area contributed by atoms with E-state index in [-0.39, 0.29) is 40.2 Å². The average molecular weight is 769 g/mol. The van der Waals surface area contributed by atoms with Gasteiger partial charge in [-0.25, -0.2) is 4.79 Å². The summed E-state index contributed by atoms with van der Waals surface area (Å²) in [4.78, 5) is 61.3. The number of aliphatic hydroxyl groups is 4. The molecule has 3 aliphatic carbocycles. The summed E-state index contributed by atoms with van der Waals surface area (Å²) in [5.41, 5.74) is -8.96. The van der Waals surface area contributed by atoms with Crippen LogP contribution in [0.2, 0.25) is 0 Å². The lowest BCUT2D eigenvalue weighted by Crippen LogP contribution is -2.73. The minimum atomic E-state index is -3.21. The van der Waals surface area contributed by atoms with Crippen LogP contribution in [0.25, 0.3) is 0 Å². The molecule has 1 saturated heterocycles. The van der Waals surface area contributed by atoms with Gasteiger partial charge in [0.1, 0.15) is 29.4 Å². The van der Waals surface area contributed by atoms with E-state index in [1.54, 1.807) is 6.92 Å². The van der Waals surface area contributed by atoms with Crippen molar-refractivity contribution >= 4 is 29.0 Å². The van der Waals surface area contributed by atoms with Crippen LogP contribution in [0.15, 0.2) is 28.9 Å². The Bertz CT molecular complexity index is 2030. The summed E-state index contributed by atoms with van der Waals surface area (Å²) in [7, 11) is 4.90. The maximum Gasteiger partial charge on any atom is 0.341 e. The number of aliphatic hydroxyl groups excluding tert-OH is 3. The monoisotopic (exact) mass is 768 g/mol. The molecule has 0 aromatic heterocycles. The number of nitrogens with zero attached hydrogens (tertiary/aromatic N) is 1. The molecular weight excluding hydrogens is 724 g/mol. The van der Waals surface area contributed by atoms with Gasteiger partial charge in [-0.15, -0.1) is 0 Å². The van der Waals surface area contributed by atoms with E-state index >= 15 is 0 Å². The second kappa shape index (κ2) is 14.8. The Kier molecular flexibility index (Phi) is 10.8. The molecule has 0 saturated carbocycles. The number of phenols is 2. The van der Waals surface area contributed by atoms with E-state index in [2.05, 4.69) is 10.3 Å². The number of aryl methyl sites for hydroxylation is 1. The van der Waals surface area contributed by atoms with Gasteiger partial charge in [-0.2, -0.15) is 0 Å². The Morgan fingerprint density at radius 3 is 2.36 bits per heavy atom. The van der Waals surface area contributed by atoms with Crippen LogP contribution in [0.3, 0.4) is 0 Å². The van der Waals surface area contributed by atoms with Gasteiger partial charge in [0.15, 0.2) is 11.2 Å². The van der Waals surface area contributed by atoms with Gasteiger partial charge in [0.25, 0.3) is 0 Å². The number of ketones is 3. The summed E-state index contributed by atoms with van der Waals surface area (Å²) in [6.45, 7) is 2.96. The summed E-state index contributed by atoms with van der Waals surface area (Å²) in [5, 5.41) is 71.8. The summed E-state index contributed by atoms with van der Waals surface area (Å²) < 4.78 is 26.9. The number of ether oxygens (including phenoxy) is 5. The van der Waals surface area contributed by atoms with Crippen LogP contribution in [-0.4, -0.2) is 144 Å². The van der Waals surface area contributed by atoms with Crippen molar-refractivity contribution < 1.29 is 73.5 Å². The lowest BCUT2D eigenvalue weighted by atomic mass is 9.56. The molecule has 2 aromatic carbocycles. The highest BCUT2D eigenvalue weighted by Crippen LogP contribution is 2.56. The molecule has 17 heteroatoms. The van der Waals surface area contributed by atoms with Gasteiger partial charge < -0.3 is 59.6 Å². The van der Waals surface area contributed by atoms with Crippen molar-refractivity contribution in [3.8, 4) is 11.5 Å². The molecule has 0 spiro atoms. The number of hydrogen-bond acceptors (Lipinski definition) is 17. The van der Waals surface area contributed by atoms with Gasteiger partial charge >= 0.3 is 5.97 Å². The van der Waals surface area contributed by atoms with E-state index in [1.165, 1.54) is 33.3 Å². The summed E-state index contributed by atoms with van der Waals surface area (Å²) in [6.07, 6.45) is -4.49. The van der Waals surface area contributed by atoms with Crippen LogP contribution >= 0.6 is 0 Å². The number of methoxy groups -OCH3 is 4. The summed E-state index contributed by atoms with van der Waals surface area (Å²) >= 11 is 0. The molecule has 2 aromatic rings. The second-order valence-electron chi connectivity index (χ2n) is 14.0. The van der Waals surface area contributed by atoms with E-state index in [1.807, 2.05) is 0 Å². The molecule has 1 heterocycles. The fraction of sp³-hybridized carbons (Fsp3) is 0.500. The van der Waals surface area contributed by atoms with Gasteiger partial charge in [-0.3, -0.25) is 19.4 Å². The minimum Gasteiger partial charge on any atom is -0.507 e. The predicted molar refractivity (Wildman–Crippen MR) is 189 cm³/mol. The van der Waals surface area contributed by atoms with Crippen LogP contribution in [0.1, 0.15) is 77.0 Å². The number of aliphatic imine (C=N–C) groups is 1. The first kappa shape index (κ1) is 40.1. The summed E-state index contributed by atoms with van der Waals surface area (Å²) in [5.74, 6) is -7.17. The lowest BCUT2D eigenvalue weighted by molar-refractivity contribution is -0.214. The Morgan fingerprint density at radius 2 is 1.75 bits per heavy atom. The molecular formula is C38H44N2O15. The predicted octanol–water partition coefficient (Wildman–Crippen LogP) is -0.0136. The Morgan fingerprint density at radius 1 is 1.04 bits per heavy atom. The normalized spacial score (nSPS) is 30.6. The van der Waals surface area contributed by atoms with Gasteiger partial charge in [0.2, 0.25) is 17.3 Å².